The first kappa shape index (κ1) is 22.1. The third-order valence-electron chi connectivity index (χ3n) is 5.64. The molecule has 0 aliphatic carbocycles. The summed E-state index contributed by atoms with van der Waals surface area (Å²) in [6.07, 6.45) is 0. The SMILES string of the molecule is COC(=O)[C@](OCc1ccccc1)(c1ccccc1)[C@@]1(O)C(=O)Nc2ccc([N+](=O)[O-])cc21. The molecule has 3 aromatic carbocycles. The van der Waals surface area contributed by atoms with Gasteiger partial charge in [-0.15, -0.1) is 0 Å². The molecule has 2 N–H and O–H groups in total. The molecule has 168 valence electrons. The number of hydrogen-bond donors (Lipinski definition) is 2. The van der Waals surface area contributed by atoms with Crippen LogP contribution in [0.4, 0.5) is 11.4 Å². The van der Waals surface area contributed by atoms with Gasteiger partial charge in [0.25, 0.3) is 11.6 Å². The summed E-state index contributed by atoms with van der Waals surface area (Å²) in [6.45, 7) is -0.162. The van der Waals surface area contributed by atoms with Gasteiger partial charge in [-0.25, -0.2) is 4.79 Å². The number of anilines is 1. The van der Waals surface area contributed by atoms with Crippen molar-refractivity contribution < 1.29 is 29.1 Å². The van der Waals surface area contributed by atoms with Gasteiger partial charge in [0.05, 0.1) is 18.6 Å². The van der Waals surface area contributed by atoms with Gasteiger partial charge in [-0.1, -0.05) is 60.7 Å². The van der Waals surface area contributed by atoms with E-state index in [4.69, 9.17) is 9.47 Å². The lowest BCUT2D eigenvalue weighted by Gasteiger charge is -2.41. The van der Waals surface area contributed by atoms with Crippen LogP contribution >= 0.6 is 0 Å². The number of hydrogen-bond acceptors (Lipinski definition) is 7. The number of methoxy groups -OCH3 is 1. The molecule has 0 saturated heterocycles. The molecule has 9 nitrogen and oxygen atoms in total. The van der Waals surface area contributed by atoms with Crippen LogP contribution in [-0.4, -0.2) is 29.0 Å². The minimum atomic E-state index is -2.67. The summed E-state index contributed by atoms with van der Waals surface area (Å²) >= 11 is 0. The predicted molar refractivity (Wildman–Crippen MR) is 117 cm³/mol. The molecule has 0 fully saturated rings. The van der Waals surface area contributed by atoms with E-state index in [1.54, 1.807) is 42.5 Å². The molecule has 0 spiro atoms. The Bertz CT molecular complexity index is 1220. The number of aliphatic hydroxyl groups is 1. The Kier molecular flexibility index (Phi) is 5.67. The second-order valence-electron chi connectivity index (χ2n) is 7.46. The zero-order valence-electron chi connectivity index (χ0n) is 17.6. The molecule has 9 heteroatoms. The fourth-order valence-electron chi connectivity index (χ4n) is 4.04. The minimum Gasteiger partial charge on any atom is -0.467 e. The highest BCUT2D eigenvalue weighted by molar-refractivity contribution is 6.09. The van der Waals surface area contributed by atoms with E-state index in [-0.39, 0.29) is 29.1 Å². The van der Waals surface area contributed by atoms with E-state index < -0.39 is 28.0 Å². The van der Waals surface area contributed by atoms with Gasteiger partial charge in [0.1, 0.15) is 0 Å². The number of carbonyl (C=O) groups is 2. The van der Waals surface area contributed by atoms with Crippen LogP contribution in [0.3, 0.4) is 0 Å². The predicted octanol–water partition coefficient (Wildman–Crippen LogP) is 3.02. The van der Waals surface area contributed by atoms with E-state index in [9.17, 15) is 24.8 Å². The van der Waals surface area contributed by atoms with E-state index >= 15 is 0 Å². The first-order chi connectivity index (χ1) is 15.8. The molecule has 0 radical (unpaired) electrons. The zero-order chi connectivity index (χ0) is 23.6. The summed E-state index contributed by atoms with van der Waals surface area (Å²) in [7, 11) is 1.11. The molecule has 0 unspecified atom stereocenters. The number of fused-ring (bicyclic) bond motifs is 1. The fraction of sp³-hybridized carbons (Fsp3) is 0.167. The second-order valence-corrected chi connectivity index (χ2v) is 7.46. The molecule has 0 saturated carbocycles. The fourth-order valence-corrected chi connectivity index (χ4v) is 4.04. The molecule has 2 atom stereocenters. The van der Waals surface area contributed by atoms with Crippen molar-refractivity contribution in [2.24, 2.45) is 0 Å². The molecule has 1 aliphatic rings. The third-order valence-corrected chi connectivity index (χ3v) is 5.64. The van der Waals surface area contributed by atoms with Crippen molar-refractivity contribution in [2.45, 2.75) is 17.8 Å². The highest BCUT2D eigenvalue weighted by atomic mass is 16.6. The van der Waals surface area contributed by atoms with Gasteiger partial charge >= 0.3 is 5.97 Å². The summed E-state index contributed by atoms with van der Waals surface area (Å²) in [6, 6.07) is 20.4. The average molecular weight is 448 g/mol. The molecule has 3 aromatic rings. The van der Waals surface area contributed by atoms with Crippen LogP contribution in [0.25, 0.3) is 0 Å². The van der Waals surface area contributed by atoms with Crippen molar-refractivity contribution in [1.82, 2.24) is 0 Å². The maximum absolute atomic E-state index is 13.4. The Morgan fingerprint density at radius 3 is 2.33 bits per heavy atom. The number of rotatable bonds is 7. The molecule has 1 heterocycles. The number of nitrogens with zero attached hydrogens (tertiary/aromatic N) is 1. The van der Waals surface area contributed by atoms with Crippen LogP contribution in [0.5, 0.6) is 0 Å². The third kappa shape index (κ3) is 3.43. The van der Waals surface area contributed by atoms with E-state index in [1.165, 1.54) is 24.3 Å². The van der Waals surface area contributed by atoms with Gasteiger partial charge in [-0.3, -0.25) is 14.9 Å². The monoisotopic (exact) mass is 448 g/mol. The molecular formula is C24H20N2O7. The largest absolute Gasteiger partial charge is 0.467 e. The molecule has 0 bridgehead atoms. The van der Waals surface area contributed by atoms with Crippen LogP contribution in [0.1, 0.15) is 16.7 Å². The van der Waals surface area contributed by atoms with Gasteiger partial charge in [0.2, 0.25) is 11.2 Å². The highest BCUT2D eigenvalue weighted by Gasteiger charge is 2.68. The number of ether oxygens (including phenoxy) is 2. The number of benzene rings is 3. The van der Waals surface area contributed by atoms with Crippen LogP contribution in [0, 0.1) is 10.1 Å². The smallest absolute Gasteiger partial charge is 0.346 e. The molecule has 4 rings (SSSR count). The highest BCUT2D eigenvalue weighted by Crippen LogP contribution is 2.51. The van der Waals surface area contributed by atoms with Gasteiger partial charge in [0.15, 0.2) is 0 Å². The lowest BCUT2D eigenvalue weighted by Crippen LogP contribution is -2.60. The van der Waals surface area contributed by atoms with Crippen molar-refractivity contribution in [3.05, 3.63) is 106 Å². The lowest BCUT2D eigenvalue weighted by atomic mass is 9.73. The summed E-state index contributed by atoms with van der Waals surface area (Å²) in [5.74, 6) is -2.01. The number of nitrogens with one attached hydrogen (secondary N) is 1. The number of esters is 1. The minimum absolute atomic E-state index is 0.126. The quantitative estimate of drug-likeness (QED) is 0.323. The Balaban J connectivity index is 1.98. The Morgan fingerprint density at radius 1 is 1.09 bits per heavy atom. The van der Waals surface area contributed by atoms with Crippen molar-refractivity contribution in [3.8, 4) is 0 Å². The number of non-ortho nitro benzene ring substituents is 1. The van der Waals surface area contributed by atoms with Crippen molar-refractivity contribution in [1.29, 1.82) is 0 Å². The Hall–Kier alpha value is -4.08. The summed E-state index contributed by atoms with van der Waals surface area (Å²) < 4.78 is 11.2. The maximum Gasteiger partial charge on any atom is 0.346 e. The standard InChI is InChI=1S/C24H20N2O7/c1-32-22(28)24(17-10-6-3-7-11-17,33-15-16-8-4-2-5-9-16)23(29)19-14-18(26(30)31)12-13-20(19)25-21(23)27/h2-14,29H,15H2,1H3,(H,25,27)/t23-,24+/m0/s1. The Labute approximate surface area is 188 Å². The average Bonchev–Trinajstić information content (AvgIpc) is 3.10. The molecule has 0 aromatic heterocycles. The van der Waals surface area contributed by atoms with E-state index in [1.807, 2.05) is 6.07 Å². The van der Waals surface area contributed by atoms with Gasteiger partial charge in [-0.2, -0.15) is 0 Å². The van der Waals surface area contributed by atoms with Crippen LogP contribution < -0.4 is 5.32 Å². The van der Waals surface area contributed by atoms with E-state index in [2.05, 4.69) is 5.32 Å². The number of nitro groups is 1. The summed E-state index contributed by atoms with van der Waals surface area (Å²) in [5.41, 5.74) is -4.63. The molecular weight excluding hydrogens is 428 g/mol. The zero-order valence-corrected chi connectivity index (χ0v) is 17.6. The first-order valence-electron chi connectivity index (χ1n) is 9.99. The Morgan fingerprint density at radius 2 is 1.73 bits per heavy atom. The van der Waals surface area contributed by atoms with Gasteiger partial charge < -0.3 is 19.9 Å². The lowest BCUT2D eigenvalue weighted by molar-refractivity contribution is -0.385. The number of carbonyl (C=O) groups excluding carboxylic acids is 2. The second kappa shape index (κ2) is 8.45. The van der Waals surface area contributed by atoms with Crippen LogP contribution in [-0.2, 0) is 36.9 Å². The normalized spacial score (nSPS) is 18.7. The van der Waals surface area contributed by atoms with Gasteiger partial charge in [0, 0.05) is 23.4 Å². The number of nitro benzene ring substituents is 1. The maximum atomic E-state index is 13.4. The van der Waals surface area contributed by atoms with Crippen molar-refractivity contribution in [3.63, 3.8) is 0 Å². The summed E-state index contributed by atoms with van der Waals surface area (Å²) in [5, 5.41) is 25.9. The molecule has 1 aliphatic heterocycles. The van der Waals surface area contributed by atoms with Crippen LogP contribution in [0.15, 0.2) is 78.9 Å². The topological polar surface area (TPSA) is 128 Å². The first-order valence-corrected chi connectivity index (χ1v) is 9.99. The van der Waals surface area contributed by atoms with Gasteiger partial charge in [-0.05, 0) is 17.2 Å². The van der Waals surface area contributed by atoms with Crippen molar-refractivity contribution in [2.75, 3.05) is 12.4 Å². The summed E-state index contributed by atoms with van der Waals surface area (Å²) in [4.78, 5) is 37.4. The van der Waals surface area contributed by atoms with E-state index in [0.717, 1.165) is 13.2 Å². The number of amides is 1. The van der Waals surface area contributed by atoms with E-state index in [0.29, 0.717) is 5.56 Å². The molecule has 33 heavy (non-hydrogen) atoms. The molecule has 1 amide bonds. The van der Waals surface area contributed by atoms with Crippen LogP contribution in [0.2, 0.25) is 0 Å². The van der Waals surface area contributed by atoms with Crippen molar-refractivity contribution >= 4 is 23.3 Å².